The largest absolute Gasteiger partial charge is 0.595 e. The molecule has 3 heterocycles. The number of hydrogen-bond acceptors (Lipinski definition) is 7. The third-order valence-corrected chi connectivity index (χ3v) is 7.60. The highest BCUT2D eigenvalue weighted by Crippen LogP contribution is 2.54. The predicted octanol–water partition coefficient (Wildman–Crippen LogP) is 1.08. The average molecular weight is 469 g/mol. The number of para-hydroxylation sites is 1. The van der Waals surface area contributed by atoms with Crippen molar-refractivity contribution in [2.45, 2.75) is 24.9 Å². The van der Waals surface area contributed by atoms with Crippen LogP contribution in [0.5, 0.6) is 0 Å². The average Bonchev–Trinajstić information content (AvgIpc) is 3.37. The van der Waals surface area contributed by atoms with Crippen LogP contribution in [0.4, 0.5) is 17.1 Å². The molecule has 3 amide bonds. The number of aryl methyl sites for hydroxylation is 1. The van der Waals surface area contributed by atoms with Gasteiger partial charge in [-0.2, -0.15) is 17.0 Å². The highest BCUT2D eigenvalue weighted by molar-refractivity contribution is 7.98. The summed E-state index contributed by atoms with van der Waals surface area (Å²) in [7, 11) is 0. The van der Waals surface area contributed by atoms with Crippen molar-refractivity contribution in [1.29, 1.82) is 0 Å². The van der Waals surface area contributed by atoms with E-state index in [2.05, 4.69) is 10.6 Å². The van der Waals surface area contributed by atoms with Gasteiger partial charge in [0.2, 0.25) is 17.7 Å². The van der Waals surface area contributed by atoms with Crippen LogP contribution in [0, 0.1) is 24.0 Å². The van der Waals surface area contributed by atoms with E-state index in [4.69, 9.17) is 0 Å². The zero-order valence-corrected chi connectivity index (χ0v) is 18.9. The Morgan fingerprint density at radius 3 is 2.67 bits per heavy atom. The molecule has 10 heteroatoms. The van der Waals surface area contributed by atoms with Crippen LogP contribution in [0.1, 0.15) is 17.5 Å². The van der Waals surface area contributed by atoms with Crippen molar-refractivity contribution in [3.63, 3.8) is 0 Å². The number of thioether (sulfide) groups is 1. The molecule has 3 aliphatic rings. The summed E-state index contributed by atoms with van der Waals surface area (Å²) in [5.41, 5.74) is 0.802. The molecule has 5 atom stereocenters. The minimum Gasteiger partial charge on any atom is -0.595 e. The van der Waals surface area contributed by atoms with Gasteiger partial charge in [0.25, 0.3) is 0 Å². The van der Waals surface area contributed by atoms with E-state index < -0.39 is 34.4 Å². The molecule has 1 spiro atoms. The van der Waals surface area contributed by atoms with Gasteiger partial charge < -0.3 is 10.5 Å². The van der Waals surface area contributed by atoms with Crippen LogP contribution < -0.4 is 20.8 Å². The van der Waals surface area contributed by atoms with Crippen molar-refractivity contribution in [3.8, 4) is 0 Å². The van der Waals surface area contributed by atoms with Crippen molar-refractivity contribution in [2.75, 3.05) is 22.2 Å². The predicted molar refractivity (Wildman–Crippen MR) is 123 cm³/mol. The molecule has 1 unspecified atom stereocenters. The highest BCUT2D eigenvalue weighted by Gasteiger charge is 2.70. The van der Waals surface area contributed by atoms with Crippen molar-refractivity contribution < 1.29 is 24.8 Å². The molecule has 0 aromatic heterocycles. The molecule has 0 saturated carbocycles. The van der Waals surface area contributed by atoms with Gasteiger partial charge in [-0.3, -0.25) is 19.7 Å². The molecule has 0 bridgehead atoms. The van der Waals surface area contributed by atoms with E-state index in [0.717, 1.165) is 10.7 Å². The summed E-state index contributed by atoms with van der Waals surface area (Å²) >= 11 is 1.63. The number of imide groups is 1. The van der Waals surface area contributed by atoms with Crippen molar-refractivity contribution >= 4 is 46.5 Å². The van der Waals surface area contributed by atoms with Crippen LogP contribution in [0.3, 0.4) is 0 Å². The fourth-order valence-electron chi connectivity index (χ4n) is 5.47. The topological polar surface area (TPSA) is 126 Å². The van der Waals surface area contributed by atoms with E-state index in [1.165, 1.54) is 12.1 Å². The van der Waals surface area contributed by atoms with Gasteiger partial charge in [-0.05, 0) is 37.0 Å². The summed E-state index contributed by atoms with van der Waals surface area (Å²) < 4.78 is 0. The molecule has 0 radical (unpaired) electrons. The van der Waals surface area contributed by atoms with Gasteiger partial charge in [-0.15, -0.1) is 0 Å². The lowest BCUT2D eigenvalue weighted by atomic mass is 9.76. The summed E-state index contributed by atoms with van der Waals surface area (Å²) in [6.45, 7) is 1.73. The number of carbonyl (C=O) groups excluding carboxylic acids is 3. The number of fused-ring (bicyclic) bond motifs is 4. The Bertz CT molecular complexity index is 1170. The lowest BCUT2D eigenvalue weighted by Gasteiger charge is -2.30. The molecule has 4 N–H and O–H groups in total. The second-order valence-electron chi connectivity index (χ2n) is 8.66. The Balaban J connectivity index is 1.65. The lowest BCUT2D eigenvalue weighted by molar-refractivity contribution is -0.991. The number of rotatable bonds is 5. The summed E-state index contributed by atoms with van der Waals surface area (Å²) in [6.07, 6.45) is 2.58. The number of hydrogen-bond donors (Lipinski definition) is 4. The van der Waals surface area contributed by atoms with Gasteiger partial charge in [-0.25, -0.2) is 10.1 Å². The molecular formula is C23H24N4O5S. The minimum absolute atomic E-state index is 0.0102. The Kier molecular flexibility index (Phi) is 5.30. The van der Waals surface area contributed by atoms with Gasteiger partial charge in [0, 0.05) is 29.4 Å². The van der Waals surface area contributed by atoms with Crippen LogP contribution >= 0.6 is 11.8 Å². The summed E-state index contributed by atoms with van der Waals surface area (Å²) in [5, 5.41) is 26.1. The standard InChI is InChI=1S/C23H24N4O5S/c1-12-7-8-13(27(31)32)11-17(12)26-20(28)18-16(9-10-33-2)25-23(19(18)21(26)29)14-5-3-4-6-15(14)24-22(23)30/h3-8,11,16,18-19,25,27,31H,9-10H2,1-2H3,(H,24,30)/t16-,18-,19-,23-/m0/s1. The van der Waals surface area contributed by atoms with E-state index in [-0.39, 0.29) is 23.3 Å². The Hall–Kier alpha value is -2.76. The van der Waals surface area contributed by atoms with E-state index in [9.17, 15) is 24.8 Å². The SMILES string of the molecule is CSCC[C@@H]1N[C@]2(C(=O)Nc3ccccc32)[C@@H]2C(=O)N(c3cc([NH+]([O-])O)ccc3C)C(=O)[C@@H]12. The molecule has 2 fully saturated rings. The number of quaternary nitrogens is 1. The molecule has 5 rings (SSSR count). The second-order valence-corrected chi connectivity index (χ2v) is 9.65. The molecule has 9 nitrogen and oxygen atoms in total. The number of nitrogens with one attached hydrogen (secondary N) is 3. The Morgan fingerprint density at radius 2 is 1.94 bits per heavy atom. The van der Waals surface area contributed by atoms with Crippen molar-refractivity contribution in [2.24, 2.45) is 11.8 Å². The Morgan fingerprint density at radius 1 is 1.18 bits per heavy atom. The fraction of sp³-hybridized carbons (Fsp3) is 0.348. The normalized spacial score (nSPS) is 28.9. The number of anilines is 2. The van der Waals surface area contributed by atoms with Gasteiger partial charge in [-0.1, -0.05) is 24.3 Å². The smallest absolute Gasteiger partial charge is 0.250 e. The summed E-state index contributed by atoms with van der Waals surface area (Å²) in [5.74, 6) is -2.12. The molecular weight excluding hydrogens is 444 g/mol. The van der Waals surface area contributed by atoms with Crippen LogP contribution in [0.2, 0.25) is 0 Å². The van der Waals surface area contributed by atoms with Gasteiger partial charge in [0.15, 0.2) is 5.69 Å². The van der Waals surface area contributed by atoms with E-state index in [1.54, 1.807) is 30.8 Å². The number of nitrogens with zero attached hydrogens (tertiary/aromatic N) is 1. The summed E-state index contributed by atoms with van der Waals surface area (Å²) in [6, 6.07) is 11.2. The number of carbonyl (C=O) groups is 3. The first-order chi connectivity index (χ1) is 15.8. The quantitative estimate of drug-likeness (QED) is 0.382. The second kappa shape index (κ2) is 7.93. The van der Waals surface area contributed by atoms with Crippen LogP contribution in [0.25, 0.3) is 0 Å². The third-order valence-electron chi connectivity index (χ3n) is 6.95. The first-order valence-corrected chi connectivity index (χ1v) is 12.1. The van der Waals surface area contributed by atoms with E-state index >= 15 is 0 Å². The van der Waals surface area contributed by atoms with Gasteiger partial charge >= 0.3 is 0 Å². The Labute approximate surface area is 194 Å². The zero-order valence-electron chi connectivity index (χ0n) is 18.1. The molecule has 2 aromatic carbocycles. The lowest BCUT2D eigenvalue weighted by Crippen LogP contribution is -2.99. The van der Waals surface area contributed by atoms with Crippen molar-refractivity contribution in [1.82, 2.24) is 5.32 Å². The molecule has 2 aromatic rings. The molecule has 2 saturated heterocycles. The molecule has 33 heavy (non-hydrogen) atoms. The van der Waals surface area contributed by atoms with Crippen molar-refractivity contribution in [3.05, 3.63) is 58.8 Å². The first-order valence-electron chi connectivity index (χ1n) is 10.7. The maximum absolute atomic E-state index is 13.9. The zero-order chi connectivity index (χ0) is 23.5. The molecule has 3 aliphatic heterocycles. The number of benzene rings is 2. The van der Waals surface area contributed by atoms with Crippen LogP contribution in [-0.2, 0) is 19.9 Å². The maximum atomic E-state index is 13.9. The monoisotopic (exact) mass is 468 g/mol. The third kappa shape index (κ3) is 3.06. The maximum Gasteiger partial charge on any atom is 0.250 e. The van der Waals surface area contributed by atoms with Gasteiger partial charge in [0.1, 0.15) is 5.54 Å². The van der Waals surface area contributed by atoms with Crippen LogP contribution in [0.15, 0.2) is 42.5 Å². The fourth-order valence-corrected chi connectivity index (χ4v) is 5.96. The van der Waals surface area contributed by atoms with Gasteiger partial charge in [0.05, 0.1) is 17.5 Å². The van der Waals surface area contributed by atoms with E-state index in [0.29, 0.717) is 23.2 Å². The highest BCUT2D eigenvalue weighted by atomic mass is 32.2. The summed E-state index contributed by atoms with van der Waals surface area (Å²) in [4.78, 5) is 42.1. The number of amides is 3. The van der Waals surface area contributed by atoms with Crippen LogP contribution in [-0.4, -0.2) is 41.0 Å². The minimum atomic E-state index is -1.34. The first kappa shape index (κ1) is 22.1. The van der Waals surface area contributed by atoms with E-state index in [1.807, 2.05) is 24.5 Å². The molecule has 0 aliphatic carbocycles. The molecule has 172 valence electrons.